The number of halogens is 2. The predicted octanol–water partition coefficient (Wildman–Crippen LogP) is 2.58. The molecule has 0 heterocycles. The normalized spacial score (nSPS) is 10.6. The van der Waals surface area contributed by atoms with Crippen LogP contribution in [-0.2, 0) is 9.59 Å². The van der Waals surface area contributed by atoms with Crippen molar-refractivity contribution in [1.82, 2.24) is 5.32 Å². The van der Waals surface area contributed by atoms with Gasteiger partial charge in [0.25, 0.3) is 0 Å². The fourth-order valence-electron chi connectivity index (χ4n) is 1.32. The van der Waals surface area contributed by atoms with E-state index in [-0.39, 0.29) is 18.9 Å². The first-order valence-electron chi connectivity index (χ1n) is 5.62. The third kappa shape index (κ3) is 6.15. The number of hydrogen-bond donors (Lipinski definition) is 2. The van der Waals surface area contributed by atoms with E-state index in [1.165, 1.54) is 18.2 Å². The number of amides is 1. The van der Waals surface area contributed by atoms with Crippen LogP contribution in [0.5, 0.6) is 0 Å². The van der Waals surface area contributed by atoms with E-state index in [1.807, 2.05) is 0 Å². The number of carboxylic acid groups (broad SMARTS) is 1. The summed E-state index contributed by atoms with van der Waals surface area (Å²) in [6, 6.07) is 4.43. The van der Waals surface area contributed by atoms with E-state index in [9.17, 15) is 14.0 Å². The Morgan fingerprint density at radius 2 is 2.16 bits per heavy atom. The van der Waals surface area contributed by atoms with Gasteiger partial charge in [-0.2, -0.15) is 0 Å². The lowest BCUT2D eigenvalue weighted by atomic mass is 10.2. The summed E-state index contributed by atoms with van der Waals surface area (Å²) in [5, 5.41) is 10.9. The molecule has 0 aliphatic rings. The summed E-state index contributed by atoms with van der Waals surface area (Å²) in [6.45, 7) is 0.274. The van der Waals surface area contributed by atoms with Gasteiger partial charge in [-0.05, 0) is 30.7 Å². The van der Waals surface area contributed by atoms with E-state index in [4.69, 9.17) is 5.11 Å². The molecule has 6 heteroatoms. The van der Waals surface area contributed by atoms with Gasteiger partial charge in [0.1, 0.15) is 5.82 Å². The van der Waals surface area contributed by atoms with Crippen LogP contribution in [0, 0.1) is 5.82 Å². The summed E-state index contributed by atoms with van der Waals surface area (Å²) in [5.74, 6) is -1.70. The molecule has 4 nitrogen and oxygen atoms in total. The van der Waals surface area contributed by atoms with Gasteiger partial charge in [0.15, 0.2) is 0 Å². The number of carboxylic acids is 1. The van der Waals surface area contributed by atoms with Crippen molar-refractivity contribution in [2.24, 2.45) is 0 Å². The van der Waals surface area contributed by atoms with Gasteiger partial charge in [0.2, 0.25) is 5.91 Å². The molecule has 0 aromatic heterocycles. The first kappa shape index (κ1) is 15.4. The van der Waals surface area contributed by atoms with E-state index in [2.05, 4.69) is 21.2 Å². The van der Waals surface area contributed by atoms with Crippen LogP contribution in [-0.4, -0.2) is 23.5 Å². The predicted molar refractivity (Wildman–Crippen MR) is 73.0 cm³/mol. The summed E-state index contributed by atoms with van der Waals surface area (Å²) in [5.41, 5.74) is 0.301. The molecule has 1 aromatic rings. The van der Waals surface area contributed by atoms with Gasteiger partial charge >= 0.3 is 5.97 Å². The summed E-state index contributed by atoms with van der Waals surface area (Å²) in [7, 11) is 0. The largest absolute Gasteiger partial charge is 0.481 e. The molecule has 19 heavy (non-hydrogen) atoms. The molecule has 0 aliphatic heterocycles. The van der Waals surface area contributed by atoms with Gasteiger partial charge in [-0.3, -0.25) is 9.59 Å². The monoisotopic (exact) mass is 329 g/mol. The second-order valence-electron chi connectivity index (χ2n) is 3.79. The summed E-state index contributed by atoms with van der Waals surface area (Å²) >= 11 is 3.21. The lowest BCUT2D eigenvalue weighted by Gasteiger charge is -2.00. The van der Waals surface area contributed by atoms with Gasteiger partial charge in [0, 0.05) is 29.1 Å². The summed E-state index contributed by atoms with van der Waals surface area (Å²) in [4.78, 5) is 21.6. The van der Waals surface area contributed by atoms with Crippen LogP contribution in [0.15, 0.2) is 28.7 Å². The highest BCUT2D eigenvalue weighted by molar-refractivity contribution is 9.10. The topological polar surface area (TPSA) is 66.4 Å². The average molecular weight is 330 g/mol. The van der Waals surface area contributed by atoms with E-state index in [0.29, 0.717) is 12.0 Å². The maximum Gasteiger partial charge on any atom is 0.303 e. The Kier molecular flexibility index (Phi) is 6.21. The minimum atomic E-state index is -0.902. The number of carbonyl (C=O) groups is 2. The van der Waals surface area contributed by atoms with Crippen LogP contribution in [0.2, 0.25) is 0 Å². The molecule has 0 saturated heterocycles. The van der Waals surface area contributed by atoms with Crippen molar-refractivity contribution in [3.05, 3.63) is 40.1 Å². The van der Waals surface area contributed by atoms with Crippen LogP contribution in [0.1, 0.15) is 18.4 Å². The van der Waals surface area contributed by atoms with Gasteiger partial charge < -0.3 is 10.4 Å². The number of benzene rings is 1. The molecule has 1 aromatic carbocycles. The Balaban J connectivity index is 2.45. The van der Waals surface area contributed by atoms with E-state index in [0.717, 1.165) is 4.47 Å². The smallest absolute Gasteiger partial charge is 0.303 e. The third-order valence-electron chi connectivity index (χ3n) is 2.24. The van der Waals surface area contributed by atoms with Crippen molar-refractivity contribution in [2.75, 3.05) is 6.54 Å². The molecule has 0 radical (unpaired) electrons. The minimum Gasteiger partial charge on any atom is -0.481 e. The average Bonchev–Trinajstić information content (AvgIpc) is 2.35. The highest BCUT2D eigenvalue weighted by Crippen LogP contribution is 2.16. The first-order chi connectivity index (χ1) is 8.99. The van der Waals surface area contributed by atoms with Crippen LogP contribution in [0.25, 0.3) is 6.08 Å². The molecule has 1 rings (SSSR count). The number of carbonyl (C=O) groups excluding carboxylic acids is 1. The molecule has 1 amide bonds. The Labute approximate surface area is 118 Å². The van der Waals surface area contributed by atoms with E-state index >= 15 is 0 Å². The highest BCUT2D eigenvalue weighted by atomic mass is 79.9. The zero-order valence-electron chi connectivity index (χ0n) is 10.0. The Morgan fingerprint density at radius 3 is 2.84 bits per heavy atom. The van der Waals surface area contributed by atoms with Gasteiger partial charge in [-0.1, -0.05) is 15.9 Å². The lowest BCUT2D eigenvalue weighted by Crippen LogP contribution is -2.22. The number of rotatable bonds is 6. The molecule has 0 spiro atoms. The number of hydrogen-bond acceptors (Lipinski definition) is 2. The SMILES string of the molecule is O=C(O)CCCNC(=O)/C=C/c1cc(Br)ccc1F. The third-order valence-corrected chi connectivity index (χ3v) is 2.73. The molecule has 0 atom stereocenters. The van der Waals surface area contributed by atoms with E-state index in [1.54, 1.807) is 12.1 Å². The standard InChI is InChI=1S/C13H13BrFNO3/c14-10-4-5-11(15)9(8-10)3-6-12(17)16-7-1-2-13(18)19/h3-6,8H,1-2,7H2,(H,16,17)(H,18,19)/b6-3+. The molecule has 0 unspecified atom stereocenters. The highest BCUT2D eigenvalue weighted by Gasteiger charge is 2.01. The quantitative estimate of drug-likeness (QED) is 0.622. The van der Waals surface area contributed by atoms with Crippen LogP contribution < -0.4 is 5.32 Å². The summed E-state index contributed by atoms with van der Waals surface area (Å²) < 4.78 is 14.1. The van der Waals surface area contributed by atoms with Gasteiger partial charge in [-0.25, -0.2) is 4.39 Å². The molecule has 102 valence electrons. The minimum absolute atomic E-state index is 0.00422. The number of aliphatic carboxylic acids is 1. The Bertz CT molecular complexity index is 503. The number of nitrogens with one attached hydrogen (secondary N) is 1. The van der Waals surface area contributed by atoms with Crippen molar-refractivity contribution in [2.45, 2.75) is 12.8 Å². The molecule has 0 aliphatic carbocycles. The zero-order chi connectivity index (χ0) is 14.3. The van der Waals surface area contributed by atoms with Crippen molar-refractivity contribution in [1.29, 1.82) is 0 Å². The van der Waals surface area contributed by atoms with Crippen LogP contribution in [0.3, 0.4) is 0 Å². The molecular weight excluding hydrogens is 317 g/mol. The maximum absolute atomic E-state index is 13.3. The molecule has 0 fully saturated rings. The van der Waals surface area contributed by atoms with Gasteiger partial charge in [-0.15, -0.1) is 0 Å². The van der Waals surface area contributed by atoms with Crippen molar-refractivity contribution < 1.29 is 19.1 Å². The molecule has 2 N–H and O–H groups in total. The van der Waals surface area contributed by atoms with Crippen molar-refractivity contribution in [3.8, 4) is 0 Å². The summed E-state index contributed by atoms with van der Waals surface area (Å²) in [6.07, 6.45) is 2.95. The molecule has 0 bridgehead atoms. The Hall–Kier alpha value is -1.69. The zero-order valence-corrected chi connectivity index (χ0v) is 11.6. The fraction of sp³-hybridized carbons (Fsp3) is 0.231. The van der Waals surface area contributed by atoms with Crippen LogP contribution in [0.4, 0.5) is 4.39 Å². The van der Waals surface area contributed by atoms with Crippen molar-refractivity contribution in [3.63, 3.8) is 0 Å². The second-order valence-corrected chi connectivity index (χ2v) is 4.70. The molecule has 0 saturated carbocycles. The van der Waals surface area contributed by atoms with Crippen LogP contribution >= 0.6 is 15.9 Å². The Morgan fingerprint density at radius 1 is 1.42 bits per heavy atom. The van der Waals surface area contributed by atoms with Crippen molar-refractivity contribution >= 4 is 33.9 Å². The molecular formula is C13H13BrFNO3. The lowest BCUT2D eigenvalue weighted by molar-refractivity contribution is -0.137. The first-order valence-corrected chi connectivity index (χ1v) is 6.41. The maximum atomic E-state index is 13.3. The van der Waals surface area contributed by atoms with Gasteiger partial charge in [0.05, 0.1) is 0 Å². The fourth-order valence-corrected chi connectivity index (χ4v) is 1.70. The second kappa shape index (κ2) is 7.68. The van der Waals surface area contributed by atoms with E-state index < -0.39 is 11.8 Å².